The van der Waals surface area contributed by atoms with E-state index in [4.69, 9.17) is 23.8 Å². The molecule has 1 saturated heterocycles. The highest BCUT2D eigenvalue weighted by Gasteiger charge is 2.34. The van der Waals surface area contributed by atoms with Crippen LogP contribution < -0.4 is 15.1 Å². The molecule has 2 aliphatic heterocycles. The van der Waals surface area contributed by atoms with E-state index in [2.05, 4.69) is 10.2 Å². The van der Waals surface area contributed by atoms with Crippen LogP contribution in [0.1, 0.15) is 16.7 Å². The largest absolute Gasteiger partial charge is 0.367 e. The Hall–Kier alpha value is -3.55. The highest BCUT2D eigenvalue weighted by molar-refractivity contribution is 7.80. The Morgan fingerprint density at radius 2 is 1.82 bits per heavy atom. The average molecular weight is 492 g/mol. The van der Waals surface area contributed by atoms with Crippen LogP contribution in [0.5, 0.6) is 0 Å². The van der Waals surface area contributed by atoms with Crippen molar-refractivity contribution in [1.82, 2.24) is 5.32 Å². The number of carbonyl (C=O) groups is 2. The summed E-state index contributed by atoms with van der Waals surface area (Å²) in [5.74, 6) is -1.55. The van der Waals surface area contributed by atoms with Gasteiger partial charge in [0.2, 0.25) is 0 Å². The molecule has 2 aliphatic rings. The molecule has 0 bridgehead atoms. The van der Waals surface area contributed by atoms with Gasteiger partial charge in [-0.3, -0.25) is 19.8 Å². The molecule has 5 nitrogen and oxygen atoms in total. The molecular formula is C26H19ClFN3O2S. The second kappa shape index (κ2) is 9.00. The van der Waals surface area contributed by atoms with Gasteiger partial charge in [0, 0.05) is 23.8 Å². The first-order chi connectivity index (χ1) is 16.4. The maximum absolute atomic E-state index is 13.3. The van der Waals surface area contributed by atoms with Crippen molar-refractivity contribution in [2.45, 2.75) is 13.0 Å². The predicted octanol–water partition coefficient (Wildman–Crippen LogP) is 4.87. The van der Waals surface area contributed by atoms with Crippen LogP contribution in [-0.2, 0) is 22.6 Å². The van der Waals surface area contributed by atoms with E-state index in [1.807, 2.05) is 42.5 Å². The van der Waals surface area contributed by atoms with Crippen LogP contribution in [0.4, 0.5) is 15.8 Å². The summed E-state index contributed by atoms with van der Waals surface area (Å²) in [7, 11) is 0. The lowest BCUT2D eigenvalue weighted by Crippen LogP contribution is -2.54. The molecule has 8 heteroatoms. The maximum Gasteiger partial charge on any atom is 0.270 e. The summed E-state index contributed by atoms with van der Waals surface area (Å²) in [4.78, 5) is 29.2. The SMILES string of the molecule is O=C1NC(=S)N(c2ccc(F)cc2)C(=O)C1=Cc1ccc2c(c1)CCN2Cc1ccccc1Cl. The number of amides is 2. The smallest absolute Gasteiger partial charge is 0.270 e. The lowest BCUT2D eigenvalue weighted by molar-refractivity contribution is -0.122. The Bertz CT molecular complexity index is 1360. The van der Waals surface area contributed by atoms with E-state index in [9.17, 15) is 14.0 Å². The van der Waals surface area contributed by atoms with Gasteiger partial charge < -0.3 is 4.90 Å². The third kappa shape index (κ3) is 4.20. The zero-order valence-electron chi connectivity index (χ0n) is 17.9. The number of fused-ring (bicyclic) bond motifs is 1. The van der Waals surface area contributed by atoms with Gasteiger partial charge in [-0.1, -0.05) is 35.9 Å². The number of hydrogen-bond donors (Lipinski definition) is 1. The molecule has 0 atom stereocenters. The van der Waals surface area contributed by atoms with Crippen LogP contribution in [-0.4, -0.2) is 23.5 Å². The molecule has 3 aromatic carbocycles. The average Bonchev–Trinajstić information content (AvgIpc) is 3.21. The molecule has 170 valence electrons. The third-order valence-corrected chi connectivity index (χ3v) is 6.57. The number of thiocarbonyl (C=S) groups is 1. The van der Waals surface area contributed by atoms with Gasteiger partial charge in [0.25, 0.3) is 11.8 Å². The van der Waals surface area contributed by atoms with Crippen molar-refractivity contribution in [3.63, 3.8) is 0 Å². The first-order valence-electron chi connectivity index (χ1n) is 10.7. The van der Waals surface area contributed by atoms with Gasteiger partial charge in [-0.25, -0.2) is 4.39 Å². The summed E-state index contributed by atoms with van der Waals surface area (Å²) in [5, 5.41) is 3.25. The van der Waals surface area contributed by atoms with E-state index in [0.717, 1.165) is 40.4 Å². The lowest BCUT2D eigenvalue weighted by atomic mass is 10.0. The van der Waals surface area contributed by atoms with E-state index >= 15 is 0 Å². The molecule has 1 fully saturated rings. The lowest BCUT2D eigenvalue weighted by Gasteiger charge is -2.28. The Morgan fingerprint density at radius 1 is 1.06 bits per heavy atom. The first kappa shape index (κ1) is 22.3. The van der Waals surface area contributed by atoms with Crippen LogP contribution in [0, 0.1) is 5.82 Å². The highest BCUT2D eigenvalue weighted by Crippen LogP contribution is 2.32. The molecule has 0 saturated carbocycles. The summed E-state index contributed by atoms with van der Waals surface area (Å²) in [5.41, 5.74) is 4.38. The Labute approximate surface area is 206 Å². The summed E-state index contributed by atoms with van der Waals surface area (Å²) in [6.45, 7) is 1.56. The van der Waals surface area contributed by atoms with Crippen LogP contribution in [0.2, 0.25) is 5.02 Å². The Kier molecular flexibility index (Phi) is 5.89. The molecule has 2 heterocycles. The standard InChI is InChI=1S/C26H19ClFN3O2S/c27-22-4-2-1-3-18(22)15-30-12-11-17-13-16(5-10-23(17)30)14-21-24(32)29-26(34)31(25(21)33)20-8-6-19(28)7-9-20/h1-10,13-14H,11-12,15H2,(H,29,32,34). The number of nitrogens with zero attached hydrogens (tertiary/aromatic N) is 2. The molecule has 2 amide bonds. The molecule has 5 rings (SSSR count). The molecule has 0 aliphatic carbocycles. The van der Waals surface area contributed by atoms with E-state index in [0.29, 0.717) is 12.2 Å². The number of nitrogens with one attached hydrogen (secondary N) is 1. The minimum absolute atomic E-state index is 0.0382. The fraction of sp³-hybridized carbons (Fsp3) is 0.115. The van der Waals surface area contributed by atoms with Gasteiger partial charge in [0.15, 0.2) is 5.11 Å². The summed E-state index contributed by atoms with van der Waals surface area (Å²) in [6.07, 6.45) is 2.41. The third-order valence-electron chi connectivity index (χ3n) is 5.91. The summed E-state index contributed by atoms with van der Waals surface area (Å²) >= 11 is 11.5. The number of anilines is 2. The quantitative estimate of drug-likeness (QED) is 0.321. The topological polar surface area (TPSA) is 52.7 Å². The fourth-order valence-corrected chi connectivity index (χ4v) is 4.70. The number of benzene rings is 3. The van der Waals surface area contributed by atoms with Gasteiger partial charge in [0.1, 0.15) is 11.4 Å². The van der Waals surface area contributed by atoms with Gasteiger partial charge >= 0.3 is 0 Å². The van der Waals surface area contributed by atoms with Crippen LogP contribution in [0.25, 0.3) is 6.08 Å². The van der Waals surface area contributed by atoms with Crippen LogP contribution >= 0.6 is 23.8 Å². The normalized spacial score (nSPS) is 16.8. The van der Waals surface area contributed by atoms with Crippen molar-refractivity contribution < 1.29 is 14.0 Å². The Balaban J connectivity index is 1.41. The number of rotatable bonds is 4. The van der Waals surface area contributed by atoms with Gasteiger partial charge in [-0.2, -0.15) is 0 Å². The molecule has 0 spiro atoms. The van der Waals surface area contributed by atoms with Gasteiger partial charge in [-0.15, -0.1) is 0 Å². The number of halogens is 2. The van der Waals surface area contributed by atoms with E-state index in [1.54, 1.807) is 6.08 Å². The summed E-state index contributed by atoms with van der Waals surface area (Å²) in [6, 6.07) is 19.0. The van der Waals surface area contributed by atoms with Crippen molar-refractivity contribution in [1.29, 1.82) is 0 Å². The zero-order valence-corrected chi connectivity index (χ0v) is 19.5. The predicted molar refractivity (Wildman–Crippen MR) is 135 cm³/mol. The van der Waals surface area contributed by atoms with Crippen molar-refractivity contribution in [3.8, 4) is 0 Å². The highest BCUT2D eigenvalue weighted by atomic mass is 35.5. The monoisotopic (exact) mass is 491 g/mol. The van der Waals surface area contributed by atoms with Crippen LogP contribution in [0.15, 0.2) is 72.3 Å². The van der Waals surface area contributed by atoms with Gasteiger partial charge in [0.05, 0.1) is 5.69 Å². The molecule has 1 N–H and O–H groups in total. The van der Waals surface area contributed by atoms with E-state index in [-0.39, 0.29) is 10.7 Å². The Morgan fingerprint density at radius 3 is 2.59 bits per heavy atom. The number of carbonyl (C=O) groups excluding carboxylic acids is 2. The number of hydrogen-bond acceptors (Lipinski definition) is 4. The minimum atomic E-state index is -0.561. The second-order valence-corrected chi connectivity index (χ2v) is 8.88. The van der Waals surface area contributed by atoms with E-state index in [1.165, 1.54) is 29.2 Å². The van der Waals surface area contributed by atoms with Crippen molar-refractivity contribution >= 4 is 58.2 Å². The molecule has 0 aromatic heterocycles. The zero-order chi connectivity index (χ0) is 23.8. The molecule has 0 unspecified atom stereocenters. The van der Waals surface area contributed by atoms with Crippen molar-refractivity contribution in [2.75, 3.05) is 16.3 Å². The maximum atomic E-state index is 13.3. The minimum Gasteiger partial charge on any atom is -0.367 e. The van der Waals surface area contributed by atoms with E-state index < -0.39 is 17.6 Å². The first-order valence-corrected chi connectivity index (χ1v) is 11.5. The van der Waals surface area contributed by atoms with Crippen molar-refractivity contribution in [3.05, 3.63) is 99.8 Å². The second-order valence-electron chi connectivity index (χ2n) is 8.09. The van der Waals surface area contributed by atoms with Crippen LogP contribution in [0.3, 0.4) is 0 Å². The molecule has 3 aromatic rings. The summed E-state index contributed by atoms with van der Waals surface area (Å²) < 4.78 is 13.3. The van der Waals surface area contributed by atoms with Gasteiger partial charge in [-0.05, 0) is 83.9 Å². The van der Waals surface area contributed by atoms with Crippen molar-refractivity contribution in [2.24, 2.45) is 0 Å². The molecule has 0 radical (unpaired) electrons. The molecule has 34 heavy (non-hydrogen) atoms. The fourth-order valence-electron chi connectivity index (χ4n) is 4.23. The molecular weight excluding hydrogens is 473 g/mol.